The highest BCUT2D eigenvalue weighted by Gasteiger charge is 2.52. The fraction of sp³-hybridized carbons (Fsp3) is 0.667. The molecule has 0 aromatic carbocycles. The number of amides is 4. The van der Waals surface area contributed by atoms with Gasteiger partial charge in [0.15, 0.2) is 0 Å². The second-order valence-corrected chi connectivity index (χ2v) is 5.57. The molecular weight excluding hydrogens is 256 g/mol. The van der Waals surface area contributed by atoms with Gasteiger partial charge >= 0.3 is 6.03 Å². The summed E-state index contributed by atoms with van der Waals surface area (Å²) in [5, 5.41) is 2.38. The number of allylic oxidation sites excluding steroid dienone is 1. The van der Waals surface area contributed by atoms with Gasteiger partial charge < -0.3 is 0 Å². The van der Waals surface area contributed by atoms with Crippen molar-refractivity contribution >= 4 is 17.8 Å². The summed E-state index contributed by atoms with van der Waals surface area (Å²) in [7, 11) is 0. The molecule has 1 aliphatic heterocycles. The van der Waals surface area contributed by atoms with Crippen LogP contribution in [0.5, 0.6) is 0 Å². The third-order valence-corrected chi connectivity index (χ3v) is 4.27. The standard InChI is InChI=1S/C15H22N2O3/c1-2-3-8-11-17-13(19)15(12(18)16-14(17)20)9-6-4-5-7-10-15/h2-3H,4-11H2,1H3,(H,16,18,20)/b3-2+. The SMILES string of the molecule is C/C=C/CCN1C(=O)NC(=O)C2(CCCCCC2)C1=O. The summed E-state index contributed by atoms with van der Waals surface area (Å²) >= 11 is 0. The van der Waals surface area contributed by atoms with Crippen molar-refractivity contribution in [2.24, 2.45) is 5.41 Å². The third kappa shape index (κ3) is 2.62. The van der Waals surface area contributed by atoms with Crippen LogP contribution in [0.4, 0.5) is 4.79 Å². The fourth-order valence-corrected chi connectivity index (χ4v) is 3.08. The van der Waals surface area contributed by atoms with Crippen molar-refractivity contribution in [2.45, 2.75) is 51.9 Å². The van der Waals surface area contributed by atoms with Crippen LogP contribution >= 0.6 is 0 Å². The van der Waals surface area contributed by atoms with E-state index in [1.54, 1.807) is 0 Å². The first-order valence-electron chi connectivity index (χ1n) is 7.40. The van der Waals surface area contributed by atoms with Gasteiger partial charge in [0.25, 0.3) is 0 Å². The minimum absolute atomic E-state index is 0.294. The Balaban J connectivity index is 2.20. The van der Waals surface area contributed by atoms with Gasteiger partial charge in [0.05, 0.1) is 0 Å². The van der Waals surface area contributed by atoms with Crippen LogP contribution in [0.3, 0.4) is 0 Å². The Bertz CT molecular complexity index is 434. The zero-order valence-corrected chi connectivity index (χ0v) is 12.0. The third-order valence-electron chi connectivity index (χ3n) is 4.27. The normalized spacial score (nSPS) is 23.2. The van der Waals surface area contributed by atoms with Gasteiger partial charge in [-0.25, -0.2) is 4.79 Å². The van der Waals surface area contributed by atoms with Gasteiger partial charge in [-0.15, -0.1) is 0 Å². The molecule has 0 unspecified atom stereocenters. The summed E-state index contributed by atoms with van der Waals surface area (Å²) in [6.07, 6.45) is 9.39. The number of urea groups is 1. The monoisotopic (exact) mass is 278 g/mol. The van der Waals surface area contributed by atoms with E-state index in [0.717, 1.165) is 25.7 Å². The Hall–Kier alpha value is -1.65. The van der Waals surface area contributed by atoms with Crippen LogP contribution in [0.25, 0.3) is 0 Å². The average molecular weight is 278 g/mol. The molecule has 5 heteroatoms. The smallest absolute Gasteiger partial charge is 0.277 e. The van der Waals surface area contributed by atoms with E-state index in [2.05, 4.69) is 5.32 Å². The lowest BCUT2D eigenvalue weighted by atomic mass is 9.77. The molecule has 4 amide bonds. The zero-order chi connectivity index (χ0) is 14.6. The van der Waals surface area contributed by atoms with Gasteiger partial charge in [0, 0.05) is 6.54 Å². The van der Waals surface area contributed by atoms with Crippen LogP contribution in [0.2, 0.25) is 0 Å². The summed E-state index contributed by atoms with van der Waals surface area (Å²) in [5.41, 5.74) is -1.000. The van der Waals surface area contributed by atoms with Crippen LogP contribution in [0, 0.1) is 5.41 Å². The molecule has 2 rings (SSSR count). The van der Waals surface area contributed by atoms with E-state index in [9.17, 15) is 14.4 Å². The molecule has 20 heavy (non-hydrogen) atoms. The summed E-state index contributed by atoms with van der Waals surface area (Å²) < 4.78 is 0. The molecule has 0 radical (unpaired) electrons. The Labute approximate surface area is 119 Å². The predicted molar refractivity (Wildman–Crippen MR) is 74.8 cm³/mol. The van der Waals surface area contributed by atoms with Crippen LogP contribution in [-0.2, 0) is 9.59 Å². The number of hydrogen-bond acceptors (Lipinski definition) is 3. The Kier molecular flexibility index (Phi) is 4.57. The molecule has 1 N–H and O–H groups in total. The molecule has 0 aromatic rings. The summed E-state index contributed by atoms with van der Waals surface area (Å²) in [4.78, 5) is 38.0. The number of nitrogens with zero attached hydrogens (tertiary/aromatic N) is 1. The van der Waals surface area contributed by atoms with Crippen LogP contribution in [0.1, 0.15) is 51.9 Å². The van der Waals surface area contributed by atoms with E-state index in [-0.39, 0.29) is 5.91 Å². The first-order valence-corrected chi connectivity index (χ1v) is 7.40. The molecule has 0 atom stereocenters. The van der Waals surface area contributed by atoms with Crippen molar-refractivity contribution in [3.8, 4) is 0 Å². The van der Waals surface area contributed by atoms with Crippen LogP contribution in [0.15, 0.2) is 12.2 Å². The van der Waals surface area contributed by atoms with Gasteiger partial charge in [-0.3, -0.25) is 19.8 Å². The highest BCUT2D eigenvalue weighted by atomic mass is 16.2. The lowest BCUT2D eigenvalue weighted by molar-refractivity contribution is -0.152. The van der Waals surface area contributed by atoms with Crippen molar-refractivity contribution < 1.29 is 14.4 Å². The maximum atomic E-state index is 12.7. The van der Waals surface area contributed by atoms with E-state index < -0.39 is 17.4 Å². The van der Waals surface area contributed by atoms with E-state index in [0.29, 0.717) is 25.8 Å². The second-order valence-electron chi connectivity index (χ2n) is 5.57. The molecule has 1 aliphatic carbocycles. The molecule has 110 valence electrons. The Morgan fingerprint density at radius 2 is 1.80 bits per heavy atom. The zero-order valence-electron chi connectivity index (χ0n) is 12.0. The maximum Gasteiger partial charge on any atom is 0.330 e. The molecule has 2 fully saturated rings. The highest BCUT2D eigenvalue weighted by Crippen LogP contribution is 2.39. The van der Waals surface area contributed by atoms with Crippen molar-refractivity contribution in [3.63, 3.8) is 0 Å². The molecule has 0 bridgehead atoms. The van der Waals surface area contributed by atoms with Gasteiger partial charge in [-0.05, 0) is 26.2 Å². The van der Waals surface area contributed by atoms with E-state index in [1.807, 2.05) is 19.1 Å². The van der Waals surface area contributed by atoms with Crippen molar-refractivity contribution in [2.75, 3.05) is 6.54 Å². The number of barbiturate groups is 1. The molecule has 1 spiro atoms. The van der Waals surface area contributed by atoms with Gasteiger partial charge in [-0.1, -0.05) is 37.8 Å². The first kappa shape index (κ1) is 14.8. The molecule has 1 heterocycles. The van der Waals surface area contributed by atoms with E-state index in [1.165, 1.54) is 4.90 Å². The molecule has 5 nitrogen and oxygen atoms in total. The van der Waals surface area contributed by atoms with E-state index >= 15 is 0 Å². The minimum Gasteiger partial charge on any atom is -0.277 e. The van der Waals surface area contributed by atoms with Crippen molar-refractivity contribution in [1.82, 2.24) is 10.2 Å². The van der Waals surface area contributed by atoms with Gasteiger partial charge in [-0.2, -0.15) is 0 Å². The highest BCUT2D eigenvalue weighted by molar-refractivity contribution is 6.19. The average Bonchev–Trinajstić information content (AvgIpc) is 2.68. The van der Waals surface area contributed by atoms with Gasteiger partial charge in [0.1, 0.15) is 5.41 Å². The largest absolute Gasteiger partial charge is 0.330 e. The quantitative estimate of drug-likeness (QED) is 0.636. The van der Waals surface area contributed by atoms with E-state index in [4.69, 9.17) is 0 Å². The lowest BCUT2D eigenvalue weighted by Gasteiger charge is -2.38. The molecule has 0 aromatic heterocycles. The lowest BCUT2D eigenvalue weighted by Crippen LogP contribution is -2.63. The topological polar surface area (TPSA) is 66.5 Å². The number of hydrogen-bond donors (Lipinski definition) is 1. The number of carbonyl (C=O) groups excluding carboxylic acids is 3. The number of carbonyl (C=O) groups is 3. The summed E-state index contributed by atoms with van der Waals surface area (Å²) in [6, 6.07) is -0.570. The maximum absolute atomic E-state index is 12.7. The molecule has 1 saturated heterocycles. The first-order chi connectivity index (χ1) is 9.62. The molecule has 1 saturated carbocycles. The van der Waals surface area contributed by atoms with Gasteiger partial charge in [0.2, 0.25) is 11.8 Å². The Morgan fingerprint density at radius 3 is 2.40 bits per heavy atom. The van der Waals surface area contributed by atoms with Crippen molar-refractivity contribution in [1.29, 1.82) is 0 Å². The van der Waals surface area contributed by atoms with Crippen LogP contribution in [-0.4, -0.2) is 29.3 Å². The number of imide groups is 2. The predicted octanol–water partition coefficient (Wildman–Crippen LogP) is 2.37. The molecule has 2 aliphatic rings. The summed E-state index contributed by atoms with van der Waals surface area (Å²) in [6.45, 7) is 2.23. The minimum atomic E-state index is -1.000. The second kappa shape index (κ2) is 6.20. The fourth-order valence-electron chi connectivity index (χ4n) is 3.08. The number of nitrogens with one attached hydrogen (secondary N) is 1. The van der Waals surface area contributed by atoms with Crippen LogP contribution < -0.4 is 5.32 Å². The van der Waals surface area contributed by atoms with Crippen molar-refractivity contribution in [3.05, 3.63) is 12.2 Å². The summed E-state index contributed by atoms with van der Waals surface area (Å²) in [5.74, 6) is -0.686. The Morgan fingerprint density at radius 1 is 1.15 bits per heavy atom. The number of rotatable bonds is 3. The molecular formula is C15H22N2O3.